The highest BCUT2D eigenvalue weighted by molar-refractivity contribution is 5.92. The number of hydrogen-bond donors (Lipinski definition) is 4. The fourth-order valence-corrected chi connectivity index (χ4v) is 4.25. The number of aryl methyl sites for hydroxylation is 1. The first kappa shape index (κ1) is 23.4. The third kappa shape index (κ3) is 6.17. The number of anilines is 3. The number of amides is 2. The summed E-state index contributed by atoms with van der Waals surface area (Å²) in [5, 5.41) is 16.9. The Morgan fingerprint density at radius 2 is 1.91 bits per heavy atom. The van der Waals surface area contributed by atoms with Crippen molar-refractivity contribution in [1.29, 1.82) is 5.41 Å². The van der Waals surface area contributed by atoms with Crippen LogP contribution in [0.3, 0.4) is 0 Å². The van der Waals surface area contributed by atoms with Gasteiger partial charge in [-0.25, -0.2) is 9.78 Å². The lowest BCUT2D eigenvalue weighted by molar-refractivity contribution is 0.161. The van der Waals surface area contributed by atoms with E-state index in [0.29, 0.717) is 23.6 Å². The normalized spacial score (nSPS) is 14.7. The van der Waals surface area contributed by atoms with Gasteiger partial charge in [-0.3, -0.25) is 15.2 Å². The van der Waals surface area contributed by atoms with Crippen molar-refractivity contribution in [3.63, 3.8) is 0 Å². The number of hydrogen-bond acceptors (Lipinski definition) is 6. The van der Waals surface area contributed by atoms with Gasteiger partial charge in [-0.15, -0.1) is 0 Å². The number of rotatable bonds is 8. The van der Waals surface area contributed by atoms with E-state index in [4.69, 9.17) is 5.41 Å². The lowest BCUT2D eigenvalue weighted by Crippen LogP contribution is -2.41. The molecule has 2 amide bonds. The summed E-state index contributed by atoms with van der Waals surface area (Å²) in [6.07, 6.45) is 8.21. The number of nitrogens with zero attached hydrogens (tertiary/aromatic N) is 3. The molecule has 34 heavy (non-hydrogen) atoms. The fraction of sp³-hybridized carbons (Fsp3) is 0.308. The Bertz CT molecular complexity index is 1110. The molecule has 0 spiro atoms. The van der Waals surface area contributed by atoms with Gasteiger partial charge in [0.1, 0.15) is 5.82 Å². The number of piperidine rings is 1. The second kappa shape index (κ2) is 11.4. The number of nitrogens with one attached hydrogen (secondary N) is 4. The van der Waals surface area contributed by atoms with E-state index < -0.39 is 0 Å². The summed E-state index contributed by atoms with van der Waals surface area (Å²) in [4.78, 5) is 23.7. The fourth-order valence-electron chi connectivity index (χ4n) is 4.25. The third-order valence-corrected chi connectivity index (χ3v) is 5.98. The monoisotopic (exact) mass is 457 g/mol. The van der Waals surface area contributed by atoms with Crippen molar-refractivity contribution >= 4 is 29.4 Å². The number of carbonyl (C=O) groups is 1. The molecule has 1 fully saturated rings. The Morgan fingerprint density at radius 1 is 1.12 bits per heavy atom. The van der Waals surface area contributed by atoms with E-state index in [9.17, 15) is 4.79 Å². The van der Waals surface area contributed by atoms with Crippen molar-refractivity contribution in [2.45, 2.75) is 32.2 Å². The number of urea groups is 1. The molecule has 0 radical (unpaired) electrons. The molecule has 2 aromatic heterocycles. The van der Waals surface area contributed by atoms with Crippen LogP contribution in [-0.2, 0) is 0 Å². The summed E-state index contributed by atoms with van der Waals surface area (Å²) in [5.74, 6) is 0.390. The minimum absolute atomic E-state index is 0.132. The number of aromatic nitrogens is 2. The molecule has 8 heteroatoms. The van der Waals surface area contributed by atoms with Gasteiger partial charge in [-0.2, -0.15) is 0 Å². The molecule has 4 rings (SSSR count). The average molecular weight is 458 g/mol. The van der Waals surface area contributed by atoms with Gasteiger partial charge in [0.15, 0.2) is 0 Å². The van der Waals surface area contributed by atoms with Gasteiger partial charge in [-0.05, 0) is 56.6 Å². The van der Waals surface area contributed by atoms with Crippen LogP contribution in [0.5, 0.6) is 0 Å². The van der Waals surface area contributed by atoms with Crippen molar-refractivity contribution in [2.24, 2.45) is 0 Å². The van der Waals surface area contributed by atoms with Gasteiger partial charge in [-0.1, -0.05) is 36.8 Å². The molecule has 8 nitrogen and oxygen atoms in total. The Balaban J connectivity index is 1.40. The van der Waals surface area contributed by atoms with Gasteiger partial charge >= 0.3 is 6.03 Å². The first-order valence-corrected chi connectivity index (χ1v) is 11.7. The van der Waals surface area contributed by atoms with Crippen LogP contribution in [0.15, 0.2) is 60.9 Å². The second-order valence-corrected chi connectivity index (χ2v) is 8.47. The summed E-state index contributed by atoms with van der Waals surface area (Å²) < 4.78 is 0. The van der Waals surface area contributed by atoms with Gasteiger partial charge in [0.2, 0.25) is 0 Å². The number of benzene rings is 1. The lowest BCUT2D eigenvalue weighted by atomic mass is 10.0. The van der Waals surface area contributed by atoms with Crippen LogP contribution in [-0.4, -0.2) is 46.7 Å². The third-order valence-electron chi connectivity index (χ3n) is 5.98. The smallest absolute Gasteiger partial charge is 0.320 e. The van der Waals surface area contributed by atoms with Crippen molar-refractivity contribution in [3.05, 3.63) is 77.7 Å². The van der Waals surface area contributed by atoms with E-state index in [1.54, 1.807) is 18.5 Å². The SMILES string of the molecule is Cc1cc(Nc2cnc(NC(=O)NCC(c3ccccc3)N3CCCCC3)cc2C=N)ccn1. The van der Waals surface area contributed by atoms with E-state index in [1.165, 1.54) is 31.0 Å². The van der Waals surface area contributed by atoms with Crippen LogP contribution < -0.4 is 16.0 Å². The number of carbonyl (C=O) groups excluding carboxylic acids is 1. The average Bonchev–Trinajstić information content (AvgIpc) is 2.86. The largest absolute Gasteiger partial charge is 0.354 e. The topological polar surface area (TPSA) is 106 Å². The van der Waals surface area contributed by atoms with Crippen molar-refractivity contribution in [3.8, 4) is 0 Å². The molecule has 1 aromatic carbocycles. The molecule has 0 bridgehead atoms. The summed E-state index contributed by atoms with van der Waals surface area (Å²) in [6.45, 7) is 4.51. The van der Waals surface area contributed by atoms with Crippen molar-refractivity contribution in [2.75, 3.05) is 30.3 Å². The molecule has 176 valence electrons. The molecule has 0 aliphatic carbocycles. The quantitative estimate of drug-likeness (QED) is 0.361. The first-order chi connectivity index (χ1) is 16.6. The highest BCUT2D eigenvalue weighted by Crippen LogP contribution is 2.24. The zero-order chi connectivity index (χ0) is 23.8. The summed E-state index contributed by atoms with van der Waals surface area (Å²) >= 11 is 0. The van der Waals surface area contributed by atoms with Gasteiger partial charge in [0.05, 0.1) is 17.9 Å². The van der Waals surface area contributed by atoms with E-state index >= 15 is 0 Å². The molecule has 1 unspecified atom stereocenters. The molecule has 1 aliphatic rings. The maximum atomic E-state index is 12.7. The maximum absolute atomic E-state index is 12.7. The Labute approximate surface area is 200 Å². The van der Waals surface area contributed by atoms with Gasteiger partial charge in [0.25, 0.3) is 0 Å². The Morgan fingerprint density at radius 3 is 2.65 bits per heavy atom. The standard InChI is InChI=1S/C26H31N7O/c1-19-14-22(10-11-28-19)31-23-17-29-25(15-21(23)16-27)32-26(34)30-18-24(20-8-4-2-5-9-20)33-12-6-3-7-13-33/h2,4-5,8-11,14-17,24,27H,3,6-7,12-13,18H2,1H3,(H,28,31)(H2,29,30,32,34). The second-order valence-electron chi connectivity index (χ2n) is 8.47. The highest BCUT2D eigenvalue weighted by atomic mass is 16.2. The molecule has 1 saturated heterocycles. The van der Waals surface area contributed by atoms with Crippen LogP contribution in [0.25, 0.3) is 0 Å². The highest BCUT2D eigenvalue weighted by Gasteiger charge is 2.22. The summed E-state index contributed by atoms with van der Waals surface area (Å²) in [6, 6.07) is 15.6. The zero-order valence-electron chi connectivity index (χ0n) is 19.4. The molecule has 3 heterocycles. The van der Waals surface area contributed by atoms with E-state index in [0.717, 1.165) is 24.5 Å². The Hall–Kier alpha value is -3.78. The van der Waals surface area contributed by atoms with E-state index in [2.05, 4.69) is 43.0 Å². The van der Waals surface area contributed by atoms with E-state index in [-0.39, 0.29) is 12.1 Å². The predicted molar refractivity (Wildman–Crippen MR) is 136 cm³/mol. The molecule has 1 atom stereocenters. The molecule has 0 saturated carbocycles. The molecular formula is C26H31N7O. The van der Waals surface area contributed by atoms with Gasteiger partial charge in [0, 0.05) is 35.9 Å². The van der Waals surface area contributed by atoms with Crippen LogP contribution in [0.4, 0.5) is 22.0 Å². The van der Waals surface area contributed by atoms with E-state index in [1.807, 2.05) is 37.3 Å². The van der Waals surface area contributed by atoms with Crippen molar-refractivity contribution < 1.29 is 4.79 Å². The summed E-state index contributed by atoms with van der Waals surface area (Å²) in [5.41, 5.74) is 4.26. The molecular weight excluding hydrogens is 426 g/mol. The minimum atomic E-state index is -0.313. The number of likely N-dealkylation sites (tertiary alicyclic amines) is 1. The summed E-state index contributed by atoms with van der Waals surface area (Å²) in [7, 11) is 0. The predicted octanol–water partition coefficient (Wildman–Crippen LogP) is 4.87. The maximum Gasteiger partial charge on any atom is 0.320 e. The van der Waals surface area contributed by atoms with Gasteiger partial charge < -0.3 is 16.0 Å². The lowest BCUT2D eigenvalue weighted by Gasteiger charge is -2.35. The first-order valence-electron chi connectivity index (χ1n) is 11.7. The van der Waals surface area contributed by atoms with Crippen LogP contribution >= 0.6 is 0 Å². The zero-order valence-corrected chi connectivity index (χ0v) is 19.4. The number of pyridine rings is 2. The van der Waals surface area contributed by atoms with Crippen LogP contribution in [0, 0.1) is 12.3 Å². The molecule has 3 aromatic rings. The van der Waals surface area contributed by atoms with Crippen LogP contribution in [0.2, 0.25) is 0 Å². The molecule has 4 N–H and O–H groups in total. The van der Waals surface area contributed by atoms with Crippen LogP contribution in [0.1, 0.15) is 42.1 Å². The van der Waals surface area contributed by atoms with Crippen molar-refractivity contribution in [1.82, 2.24) is 20.2 Å². The Kier molecular flexibility index (Phi) is 7.83. The molecule has 1 aliphatic heterocycles. The minimum Gasteiger partial charge on any atom is -0.354 e.